The van der Waals surface area contributed by atoms with Crippen molar-refractivity contribution in [1.29, 1.82) is 0 Å². The smallest absolute Gasteiger partial charge is 0.158 e. The van der Waals surface area contributed by atoms with Crippen LogP contribution in [0.25, 0.3) is 0 Å². The van der Waals surface area contributed by atoms with Gasteiger partial charge in [0.1, 0.15) is 26.6 Å². The molecule has 0 aliphatic carbocycles. The minimum absolute atomic E-state index is 0.104. The lowest BCUT2D eigenvalue weighted by molar-refractivity contribution is -0.128. The van der Waals surface area contributed by atoms with Crippen molar-refractivity contribution in [3.63, 3.8) is 0 Å². The highest BCUT2D eigenvalue weighted by Crippen LogP contribution is 1.82. The van der Waals surface area contributed by atoms with Crippen LogP contribution in [0.1, 0.15) is 47.0 Å². The molecule has 0 N–H and O–H groups in total. The van der Waals surface area contributed by atoms with Crippen LogP contribution >= 0.6 is 0 Å². The van der Waals surface area contributed by atoms with Crippen molar-refractivity contribution < 1.29 is 33.3 Å². The number of carbonyl (C=O) groups is 3. The SMILES string of the molecule is CCC(=O)COC.CCC(=O)COCOC.CCOCC(=O)CC. The minimum atomic E-state index is 0.104. The quantitative estimate of drug-likeness (QED) is 0.394. The van der Waals surface area contributed by atoms with E-state index in [2.05, 4.69) is 9.47 Å². The molecule has 0 saturated carbocycles. The van der Waals surface area contributed by atoms with Gasteiger partial charge in [0.05, 0.1) is 0 Å². The van der Waals surface area contributed by atoms with Crippen LogP contribution in [0, 0.1) is 0 Å². The van der Waals surface area contributed by atoms with Gasteiger partial charge in [-0.3, -0.25) is 14.4 Å². The summed E-state index contributed by atoms with van der Waals surface area (Å²) in [5.74, 6) is 0.432. The molecular weight excluding hydrogens is 316 g/mol. The molecule has 0 unspecified atom stereocenters. The van der Waals surface area contributed by atoms with E-state index in [-0.39, 0.29) is 44.0 Å². The second-order valence-corrected chi connectivity index (χ2v) is 4.50. The third-order valence-corrected chi connectivity index (χ3v) is 2.42. The summed E-state index contributed by atoms with van der Waals surface area (Å²) < 4.78 is 18.7. The number of carbonyl (C=O) groups excluding carboxylic acids is 3. The first-order valence-electron chi connectivity index (χ1n) is 8.11. The summed E-state index contributed by atoms with van der Waals surface area (Å²) in [6.07, 6.45) is 1.69. The number of methoxy groups -OCH3 is 2. The fourth-order valence-corrected chi connectivity index (χ4v) is 0.922. The monoisotopic (exact) mass is 350 g/mol. The first-order chi connectivity index (χ1) is 11.4. The van der Waals surface area contributed by atoms with Gasteiger partial charge in [0, 0.05) is 40.1 Å². The van der Waals surface area contributed by atoms with Crippen molar-refractivity contribution in [3.8, 4) is 0 Å². The van der Waals surface area contributed by atoms with Crippen LogP contribution in [0.15, 0.2) is 0 Å². The standard InChI is InChI=1S/C6H12O3.C6H12O2.C5H10O2/c1-3-6(7)4-9-5-8-2;1-3-6(7)5-8-4-2;1-3-5(6)4-7-2/h3-5H2,1-2H3;3-5H2,1-2H3;3-4H2,1-2H3. The van der Waals surface area contributed by atoms with Crippen molar-refractivity contribution in [2.45, 2.75) is 47.0 Å². The summed E-state index contributed by atoms with van der Waals surface area (Å²) in [6.45, 7) is 8.88. The predicted octanol–water partition coefficient (Wildman–Crippen LogP) is 2.20. The van der Waals surface area contributed by atoms with E-state index in [1.54, 1.807) is 6.92 Å². The first-order valence-corrected chi connectivity index (χ1v) is 8.11. The highest BCUT2D eigenvalue weighted by atomic mass is 16.7. The third kappa shape index (κ3) is 28.9. The minimum Gasteiger partial charge on any atom is -0.377 e. The number of rotatable bonds is 12. The number of ketones is 3. The lowest BCUT2D eigenvalue weighted by atomic mass is 10.3. The number of hydrogen-bond donors (Lipinski definition) is 0. The molecule has 0 aromatic rings. The molecule has 0 aliphatic heterocycles. The third-order valence-electron chi connectivity index (χ3n) is 2.42. The van der Waals surface area contributed by atoms with E-state index in [1.807, 2.05) is 20.8 Å². The van der Waals surface area contributed by atoms with E-state index in [1.165, 1.54) is 14.2 Å². The van der Waals surface area contributed by atoms with Gasteiger partial charge in [0.15, 0.2) is 17.3 Å². The molecule has 0 bridgehead atoms. The van der Waals surface area contributed by atoms with Gasteiger partial charge in [-0.25, -0.2) is 0 Å². The lowest BCUT2D eigenvalue weighted by Crippen LogP contribution is -2.08. The molecule has 24 heavy (non-hydrogen) atoms. The number of ether oxygens (including phenoxy) is 4. The second kappa shape index (κ2) is 24.1. The van der Waals surface area contributed by atoms with Gasteiger partial charge >= 0.3 is 0 Å². The predicted molar refractivity (Wildman–Crippen MR) is 92.1 cm³/mol. The maximum atomic E-state index is 10.5. The van der Waals surface area contributed by atoms with Crippen LogP contribution in [-0.4, -0.2) is 64.8 Å². The summed E-state index contributed by atoms with van der Waals surface area (Å²) in [5, 5.41) is 0. The molecular formula is C17H34O7. The summed E-state index contributed by atoms with van der Waals surface area (Å²) in [7, 11) is 3.05. The van der Waals surface area contributed by atoms with Crippen molar-refractivity contribution in [2.24, 2.45) is 0 Å². The van der Waals surface area contributed by atoms with Gasteiger partial charge in [0.25, 0.3) is 0 Å². The fourth-order valence-electron chi connectivity index (χ4n) is 0.922. The summed E-state index contributed by atoms with van der Waals surface area (Å²) in [4.78, 5) is 31.2. The first kappa shape index (κ1) is 27.7. The summed E-state index contributed by atoms with van der Waals surface area (Å²) in [6, 6.07) is 0. The highest BCUT2D eigenvalue weighted by Gasteiger charge is 1.95. The molecule has 0 heterocycles. The maximum absolute atomic E-state index is 10.5. The summed E-state index contributed by atoms with van der Waals surface area (Å²) in [5.41, 5.74) is 0. The molecule has 0 amide bonds. The molecule has 7 heteroatoms. The van der Waals surface area contributed by atoms with Gasteiger partial charge in [-0.15, -0.1) is 0 Å². The van der Waals surface area contributed by atoms with E-state index in [0.29, 0.717) is 25.9 Å². The van der Waals surface area contributed by atoms with Crippen LogP contribution in [0.3, 0.4) is 0 Å². The van der Waals surface area contributed by atoms with Crippen molar-refractivity contribution in [3.05, 3.63) is 0 Å². The Morgan fingerprint density at radius 3 is 1.33 bits per heavy atom. The van der Waals surface area contributed by atoms with Crippen LogP contribution in [0.5, 0.6) is 0 Å². The van der Waals surface area contributed by atoms with Crippen LogP contribution < -0.4 is 0 Å². The molecule has 7 nitrogen and oxygen atoms in total. The van der Waals surface area contributed by atoms with Gasteiger partial charge in [0.2, 0.25) is 0 Å². The van der Waals surface area contributed by atoms with Crippen molar-refractivity contribution in [2.75, 3.05) is 47.4 Å². The second-order valence-electron chi connectivity index (χ2n) is 4.50. The normalized spacial score (nSPS) is 9.25. The molecule has 0 aliphatic rings. The molecule has 0 radical (unpaired) electrons. The Labute approximate surface area is 146 Å². The van der Waals surface area contributed by atoms with E-state index in [9.17, 15) is 14.4 Å². The molecule has 0 atom stereocenters. The lowest BCUT2D eigenvalue weighted by Gasteiger charge is -1.98. The topological polar surface area (TPSA) is 88.1 Å². The molecule has 0 spiro atoms. The van der Waals surface area contributed by atoms with Crippen LogP contribution in [0.2, 0.25) is 0 Å². The van der Waals surface area contributed by atoms with E-state index in [4.69, 9.17) is 9.47 Å². The summed E-state index contributed by atoms with van der Waals surface area (Å²) >= 11 is 0. The van der Waals surface area contributed by atoms with Gasteiger partial charge in [-0.2, -0.15) is 0 Å². The van der Waals surface area contributed by atoms with E-state index < -0.39 is 0 Å². The Morgan fingerprint density at radius 2 is 1.04 bits per heavy atom. The number of hydrogen-bond acceptors (Lipinski definition) is 7. The van der Waals surface area contributed by atoms with E-state index >= 15 is 0 Å². The van der Waals surface area contributed by atoms with Crippen molar-refractivity contribution in [1.82, 2.24) is 0 Å². The Kier molecular flexibility index (Phi) is 27.8. The molecule has 0 rings (SSSR count). The van der Waals surface area contributed by atoms with Gasteiger partial charge in [-0.05, 0) is 6.92 Å². The average molecular weight is 350 g/mol. The Morgan fingerprint density at radius 1 is 0.625 bits per heavy atom. The van der Waals surface area contributed by atoms with Crippen LogP contribution in [-0.2, 0) is 33.3 Å². The zero-order valence-corrected chi connectivity index (χ0v) is 16.0. The molecule has 0 aromatic heterocycles. The largest absolute Gasteiger partial charge is 0.377 e. The zero-order chi connectivity index (χ0) is 19.2. The number of Topliss-reactive ketones (excluding diaryl/α,β-unsaturated/α-hetero) is 3. The molecule has 144 valence electrons. The Bertz CT molecular complexity index is 303. The Hall–Kier alpha value is -1.15. The molecule has 0 fully saturated rings. The fraction of sp³-hybridized carbons (Fsp3) is 0.824. The van der Waals surface area contributed by atoms with E-state index in [0.717, 1.165) is 0 Å². The zero-order valence-electron chi connectivity index (χ0n) is 16.0. The molecule has 0 aromatic carbocycles. The van der Waals surface area contributed by atoms with Crippen LogP contribution in [0.4, 0.5) is 0 Å². The van der Waals surface area contributed by atoms with Gasteiger partial charge < -0.3 is 18.9 Å². The van der Waals surface area contributed by atoms with Crippen molar-refractivity contribution >= 4 is 17.3 Å². The maximum Gasteiger partial charge on any atom is 0.158 e. The molecule has 0 saturated heterocycles. The Balaban J connectivity index is -0.000000278. The average Bonchev–Trinajstić information content (AvgIpc) is 2.60. The van der Waals surface area contributed by atoms with Gasteiger partial charge in [-0.1, -0.05) is 20.8 Å². The highest BCUT2D eigenvalue weighted by molar-refractivity contribution is 5.79.